The third kappa shape index (κ3) is 5.20. The second-order valence-electron chi connectivity index (χ2n) is 9.68. The molecule has 0 radical (unpaired) electrons. The van der Waals surface area contributed by atoms with E-state index < -0.39 is 0 Å². The predicted molar refractivity (Wildman–Crippen MR) is 140 cm³/mol. The Morgan fingerprint density at radius 1 is 0.917 bits per heavy atom. The highest BCUT2D eigenvalue weighted by molar-refractivity contribution is 5.95. The summed E-state index contributed by atoms with van der Waals surface area (Å²) in [7, 11) is 0. The van der Waals surface area contributed by atoms with Gasteiger partial charge in [0.15, 0.2) is 18.1 Å². The quantitative estimate of drug-likeness (QED) is 0.508. The van der Waals surface area contributed by atoms with Gasteiger partial charge in [-0.05, 0) is 74.8 Å². The summed E-state index contributed by atoms with van der Waals surface area (Å²) in [6.45, 7) is 5.35. The molecular formula is C29H35N3O4. The van der Waals surface area contributed by atoms with E-state index in [4.69, 9.17) is 9.47 Å². The molecule has 0 bridgehead atoms. The molecule has 3 heterocycles. The third-order valence-electron chi connectivity index (χ3n) is 7.39. The van der Waals surface area contributed by atoms with Crippen molar-refractivity contribution in [1.82, 2.24) is 14.8 Å². The van der Waals surface area contributed by atoms with Gasteiger partial charge in [0.2, 0.25) is 0 Å². The van der Waals surface area contributed by atoms with Crippen molar-refractivity contribution in [3.63, 3.8) is 0 Å². The van der Waals surface area contributed by atoms with E-state index in [0.717, 1.165) is 57.4 Å². The molecule has 7 heteroatoms. The van der Waals surface area contributed by atoms with Crippen LogP contribution in [0.2, 0.25) is 0 Å². The molecule has 0 spiro atoms. The Labute approximate surface area is 212 Å². The molecule has 0 atom stereocenters. The van der Waals surface area contributed by atoms with Gasteiger partial charge in [-0.3, -0.25) is 9.59 Å². The zero-order valence-corrected chi connectivity index (χ0v) is 21.0. The molecule has 2 saturated heterocycles. The number of benzene rings is 2. The number of carbonyl (C=O) groups is 2. The van der Waals surface area contributed by atoms with Crippen molar-refractivity contribution in [3.8, 4) is 11.5 Å². The van der Waals surface area contributed by atoms with Gasteiger partial charge in [-0.2, -0.15) is 0 Å². The van der Waals surface area contributed by atoms with Crippen LogP contribution in [-0.2, 0) is 4.79 Å². The Morgan fingerprint density at radius 2 is 1.69 bits per heavy atom. The highest BCUT2D eigenvalue weighted by atomic mass is 16.5. The lowest BCUT2D eigenvalue weighted by Gasteiger charge is -2.32. The predicted octanol–water partition coefficient (Wildman–Crippen LogP) is 4.98. The summed E-state index contributed by atoms with van der Waals surface area (Å²) in [6.07, 6.45) is 7.26. The number of ether oxygens (including phenoxy) is 2. The maximum Gasteiger partial charge on any atom is 0.260 e. The highest BCUT2D eigenvalue weighted by Gasteiger charge is 2.27. The number of para-hydroxylation sites is 1. The van der Waals surface area contributed by atoms with E-state index in [1.165, 1.54) is 17.4 Å². The normalized spacial score (nSPS) is 16.8. The van der Waals surface area contributed by atoms with Crippen LogP contribution in [0.5, 0.6) is 11.5 Å². The average Bonchev–Trinajstić information content (AvgIpc) is 3.37. The lowest BCUT2D eigenvalue weighted by molar-refractivity contribution is -0.134. The molecule has 7 nitrogen and oxygen atoms in total. The average molecular weight is 490 g/mol. The van der Waals surface area contributed by atoms with Gasteiger partial charge >= 0.3 is 0 Å². The first kappa shape index (κ1) is 24.2. The summed E-state index contributed by atoms with van der Waals surface area (Å²) in [5.41, 5.74) is 3.09. The lowest BCUT2D eigenvalue weighted by atomic mass is 9.89. The number of nitrogens with one attached hydrogen (secondary N) is 1. The van der Waals surface area contributed by atoms with E-state index >= 15 is 0 Å². The van der Waals surface area contributed by atoms with Crippen molar-refractivity contribution in [3.05, 3.63) is 59.8 Å². The first-order chi connectivity index (χ1) is 17.6. The number of H-pyrrole nitrogens is 1. The number of likely N-dealkylation sites (tertiary alicyclic amines) is 2. The first-order valence-corrected chi connectivity index (χ1v) is 13.2. The third-order valence-corrected chi connectivity index (χ3v) is 7.39. The number of aromatic amines is 1. The Bertz CT molecular complexity index is 1210. The molecule has 5 rings (SSSR count). The van der Waals surface area contributed by atoms with Crippen LogP contribution < -0.4 is 9.47 Å². The molecule has 0 aliphatic carbocycles. The number of piperidine rings is 2. The van der Waals surface area contributed by atoms with E-state index in [1.54, 1.807) is 18.2 Å². The second-order valence-corrected chi connectivity index (χ2v) is 9.68. The van der Waals surface area contributed by atoms with E-state index in [9.17, 15) is 9.59 Å². The lowest BCUT2D eigenvalue weighted by Crippen LogP contribution is -2.38. The van der Waals surface area contributed by atoms with Gasteiger partial charge < -0.3 is 24.3 Å². The summed E-state index contributed by atoms with van der Waals surface area (Å²) in [5.74, 6) is 1.44. The van der Waals surface area contributed by atoms with Crippen LogP contribution in [0.15, 0.2) is 48.7 Å². The Balaban J connectivity index is 1.21. The van der Waals surface area contributed by atoms with Crippen LogP contribution in [0, 0.1) is 0 Å². The number of carbonyl (C=O) groups excluding carboxylic acids is 2. The molecule has 2 amide bonds. The number of nitrogens with zero attached hydrogens (tertiary/aromatic N) is 2. The molecule has 190 valence electrons. The number of fused-ring (bicyclic) bond motifs is 1. The number of aromatic nitrogens is 1. The van der Waals surface area contributed by atoms with Crippen molar-refractivity contribution >= 4 is 22.7 Å². The zero-order valence-electron chi connectivity index (χ0n) is 21.0. The fourth-order valence-corrected chi connectivity index (χ4v) is 5.41. The van der Waals surface area contributed by atoms with Crippen LogP contribution in [-0.4, -0.2) is 66.0 Å². The van der Waals surface area contributed by atoms with Gasteiger partial charge in [0.25, 0.3) is 11.8 Å². The number of hydrogen-bond acceptors (Lipinski definition) is 4. The molecule has 2 aromatic carbocycles. The van der Waals surface area contributed by atoms with Crippen LogP contribution in [0.25, 0.3) is 10.9 Å². The monoisotopic (exact) mass is 489 g/mol. The van der Waals surface area contributed by atoms with Crippen LogP contribution in [0.4, 0.5) is 0 Å². The molecule has 1 N–H and O–H groups in total. The molecule has 2 aliphatic heterocycles. The van der Waals surface area contributed by atoms with Crippen LogP contribution in [0.3, 0.4) is 0 Å². The Morgan fingerprint density at radius 3 is 2.47 bits per heavy atom. The standard InChI is InChI=1S/C29H35N3O4/c1-2-35-27-18-22(10-11-26(27)36-20-28(33)31-14-6-3-7-15-31)29(34)32-16-12-21(13-17-32)24-19-30-25-9-5-4-8-23(24)25/h4-5,8-11,18-19,21,30H,2-3,6-7,12-17,20H2,1H3. The van der Waals surface area contributed by atoms with Crippen molar-refractivity contribution in [1.29, 1.82) is 0 Å². The second kappa shape index (κ2) is 11.1. The first-order valence-electron chi connectivity index (χ1n) is 13.2. The molecule has 0 unspecified atom stereocenters. The van der Waals surface area contributed by atoms with E-state index in [-0.39, 0.29) is 18.4 Å². The molecule has 3 aromatic rings. The minimum Gasteiger partial charge on any atom is -0.490 e. The van der Waals surface area contributed by atoms with Crippen molar-refractivity contribution in [2.24, 2.45) is 0 Å². The number of hydrogen-bond donors (Lipinski definition) is 1. The molecule has 36 heavy (non-hydrogen) atoms. The largest absolute Gasteiger partial charge is 0.490 e. The molecule has 1 aromatic heterocycles. The van der Waals surface area contributed by atoms with Crippen molar-refractivity contribution in [2.75, 3.05) is 39.4 Å². The van der Waals surface area contributed by atoms with E-state index in [0.29, 0.717) is 29.6 Å². The van der Waals surface area contributed by atoms with Gasteiger partial charge in [-0.15, -0.1) is 0 Å². The fourth-order valence-electron chi connectivity index (χ4n) is 5.41. The van der Waals surface area contributed by atoms with Gasteiger partial charge in [0.05, 0.1) is 6.61 Å². The van der Waals surface area contributed by atoms with Gasteiger partial charge in [-0.25, -0.2) is 0 Å². The maximum absolute atomic E-state index is 13.3. The summed E-state index contributed by atoms with van der Waals surface area (Å²) in [6, 6.07) is 13.7. The molecule has 0 saturated carbocycles. The summed E-state index contributed by atoms with van der Waals surface area (Å²) >= 11 is 0. The molecular weight excluding hydrogens is 454 g/mol. The van der Waals surface area contributed by atoms with Gasteiger partial charge in [0.1, 0.15) is 0 Å². The minimum absolute atomic E-state index is 0.00396. The number of rotatable bonds is 7. The molecule has 2 aliphatic rings. The SMILES string of the molecule is CCOc1cc(C(=O)N2CCC(c3c[nH]c4ccccc34)CC2)ccc1OCC(=O)N1CCCCC1. The number of amides is 2. The summed E-state index contributed by atoms with van der Waals surface area (Å²) in [5, 5.41) is 1.28. The van der Waals surface area contributed by atoms with Crippen LogP contribution >= 0.6 is 0 Å². The summed E-state index contributed by atoms with van der Waals surface area (Å²) in [4.78, 5) is 33.0. The van der Waals surface area contributed by atoms with Crippen molar-refractivity contribution in [2.45, 2.75) is 44.9 Å². The van der Waals surface area contributed by atoms with E-state index in [1.807, 2.05) is 22.8 Å². The fraction of sp³-hybridized carbons (Fsp3) is 0.448. The smallest absolute Gasteiger partial charge is 0.260 e. The highest BCUT2D eigenvalue weighted by Crippen LogP contribution is 2.34. The van der Waals surface area contributed by atoms with Gasteiger partial charge in [-0.1, -0.05) is 18.2 Å². The Hall–Kier alpha value is -3.48. The Kier molecular flexibility index (Phi) is 7.44. The zero-order chi connectivity index (χ0) is 24.9. The minimum atomic E-state index is -0.0191. The topological polar surface area (TPSA) is 74.9 Å². The maximum atomic E-state index is 13.3. The van der Waals surface area contributed by atoms with Crippen molar-refractivity contribution < 1.29 is 19.1 Å². The van der Waals surface area contributed by atoms with Gasteiger partial charge in [0, 0.05) is 48.8 Å². The van der Waals surface area contributed by atoms with Crippen LogP contribution in [0.1, 0.15) is 60.9 Å². The van der Waals surface area contributed by atoms with E-state index in [2.05, 4.69) is 29.4 Å². The summed E-state index contributed by atoms with van der Waals surface area (Å²) < 4.78 is 11.6. The molecule has 2 fully saturated rings.